The molecule has 0 aliphatic carbocycles. The zero-order chi connectivity index (χ0) is 10.8. The Labute approximate surface area is 86.4 Å². The zero-order valence-electron chi connectivity index (χ0n) is 8.47. The Morgan fingerprint density at radius 1 is 1.50 bits per heavy atom. The van der Waals surface area contributed by atoms with Crippen LogP contribution in [-0.2, 0) is 11.3 Å². The first kappa shape index (κ1) is 11.1. The Bertz CT molecular complexity index is 321. The summed E-state index contributed by atoms with van der Waals surface area (Å²) in [5.41, 5.74) is 0.226. The van der Waals surface area contributed by atoms with Gasteiger partial charge in [0.05, 0.1) is 11.9 Å². The molecule has 0 bridgehead atoms. The van der Waals surface area contributed by atoms with Crippen LogP contribution in [0.15, 0.2) is 24.5 Å². The van der Waals surface area contributed by atoms with E-state index in [-0.39, 0.29) is 0 Å². The Kier molecular flexibility index (Phi) is 3.23. The van der Waals surface area contributed by atoms with Gasteiger partial charge in [0.15, 0.2) is 0 Å². The van der Waals surface area contributed by atoms with Crippen LogP contribution in [0, 0.1) is 0 Å². The molecule has 0 aliphatic rings. The summed E-state index contributed by atoms with van der Waals surface area (Å²) in [7, 11) is 0. The molecule has 1 N–H and O–H groups in total. The van der Waals surface area contributed by atoms with Gasteiger partial charge in [0.1, 0.15) is 0 Å². The van der Waals surface area contributed by atoms with Crippen LogP contribution in [-0.4, -0.2) is 19.3 Å². The van der Waals surface area contributed by atoms with Crippen LogP contribution in [0.1, 0.15) is 20.8 Å². The minimum Gasteiger partial charge on any atom is -0.289 e. The summed E-state index contributed by atoms with van der Waals surface area (Å²) in [6.07, 6.45) is 3.20. The lowest BCUT2D eigenvalue weighted by molar-refractivity contribution is 0.514. The Morgan fingerprint density at radius 2 is 2.14 bits per heavy atom. The van der Waals surface area contributed by atoms with E-state index in [4.69, 9.17) is 0 Å². The van der Waals surface area contributed by atoms with E-state index in [0.29, 0.717) is 5.69 Å². The number of aromatic nitrogens is 1. The van der Waals surface area contributed by atoms with Gasteiger partial charge in [-0.2, -0.15) is 0 Å². The summed E-state index contributed by atoms with van der Waals surface area (Å²) in [4.78, 5) is 3.91. The van der Waals surface area contributed by atoms with Crippen LogP contribution in [0.4, 0.5) is 5.69 Å². The van der Waals surface area contributed by atoms with Gasteiger partial charge in [-0.3, -0.25) is 13.8 Å². The molecule has 0 aliphatic heterocycles. The highest BCUT2D eigenvalue weighted by Gasteiger charge is 2.26. The van der Waals surface area contributed by atoms with Crippen molar-refractivity contribution in [2.24, 2.45) is 0 Å². The van der Waals surface area contributed by atoms with Crippen molar-refractivity contribution in [1.82, 2.24) is 4.98 Å². The van der Waals surface area contributed by atoms with Crippen LogP contribution in [0.2, 0.25) is 0 Å². The lowest BCUT2D eigenvalue weighted by Crippen LogP contribution is -2.42. The predicted octanol–water partition coefficient (Wildman–Crippen LogP) is 1.82. The van der Waals surface area contributed by atoms with Gasteiger partial charge in [-0.05, 0) is 32.9 Å². The Balaban J connectivity index is 3.08. The molecule has 5 heteroatoms. The summed E-state index contributed by atoms with van der Waals surface area (Å²) >= 11 is -2.03. The van der Waals surface area contributed by atoms with Crippen molar-refractivity contribution in [2.45, 2.75) is 26.3 Å². The molecule has 0 spiro atoms. The lowest BCUT2D eigenvalue weighted by atomic mass is 10.1. The maximum atomic E-state index is 11.2. The average molecular weight is 214 g/mol. The minimum atomic E-state index is -2.03. The van der Waals surface area contributed by atoms with E-state index in [1.54, 1.807) is 24.5 Å². The van der Waals surface area contributed by atoms with E-state index in [9.17, 15) is 8.76 Å². The van der Waals surface area contributed by atoms with E-state index < -0.39 is 16.8 Å². The van der Waals surface area contributed by atoms with Crippen molar-refractivity contribution in [1.29, 1.82) is 0 Å². The molecule has 1 atom stereocenters. The summed E-state index contributed by atoms with van der Waals surface area (Å²) in [6, 6.07) is 3.49. The third-order valence-corrected chi connectivity index (χ3v) is 2.72. The molecule has 0 radical (unpaired) electrons. The van der Waals surface area contributed by atoms with Crippen molar-refractivity contribution >= 4 is 17.0 Å². The van der Waals surface area contributed by atoms with Gasteiger partial charge in [0.2, 0.25) is 0 Å². The largest absolute Gasteiger partial charge is 0.289 e. The zero-order valence-corrected chi connectivity index (χ0v) is 9.28. The molecule has 4 nitrogen and oxygen atoms in total. The number of anilines is 1. The van der Waals surface area contributed by atoms with Crippen LogP contribution in [0.3, 0.4) is 0 Å². The summed E-state index contributed by atoms with van der Waals surface area (Å²) in [5, 5.41) is 0. The van der Waals surface area contributed by atoms with Gasteiger partial charge in [0, 0.05) is 11.7 Å². The molecule has 1 aromatic heterocycles. The Hall–Kier alpha value is -0.940. The smallest absolute Gasteiger partial charge is 0.262 e. The topological polar surface area (TPSA) is 53.4 Å². The standard InChI is InChI=1S/C9H14N2O2S/c1-9(2,3)11(14(12)13)8-5-4-6-10-7-8/h4-7H,1-3H3,(H,12,13). The van der Waals surface area contributed by atoms with Crippen LogP contribution in [0.25, 0.3) is 0 Å². The first-order valence-electron chi connectivity index (χ1n) is 4.24. The highest BCUT2D eigenvalue weighted by atomic mass is 32.2. The van der Waals surface area contributed by atoms with Crippen molar-refractivity contribution in [3.8, 4) is 0 Å². The van der Waals surface area contributed by atoms with E-state index in [2.05, 4.69) is 4.98 Å². The van der Waals surface area contributed by atoms with Gasteiger partial charge in [-0.15, -0.1) is 0 Å². The van der Waals surface area contributed by atoms with Crippen LogP contribution in [0.5, 0.6) is 0 Å². The molecule has 1 aromatic rings. The molecule has 0 amide bonds. The second-order valence-electron chi connectivity index (χ2n) is 3.91. The van der Waals surface area contributed by atoms with Crippen LogP contribution >= 0.6 is 0 Å². The van der Waals surface area contributed by atoms with Crippen molar-refractivity contribution in [2.75, 3.05) is 4.31 Å². The molecule has 1 rings (SSSR count). The highest BCUT2D eigenvalue weighted by Crippen LogP contribution is 2.23. The molecule has 0 saturated heterocycles. The van der Waals surface area contributed by atoms with Gasteiger partial charge >= 0.3 is 0 Å². The van der Waals surface area contributed by atoms with Crippen molar-refractivity contribution < 1.29 is 8.76 Å². The molecule has 0 fully saturated rings. The molecule has 1 heterocycles. The Morgan fingerprint density at radius 3 is 2.50 bits per heavy atom. The molecule has 1 unspecified atom stereocenters. The molecule has 78 valence electrons. The first-order chi connectivity index (χ1) is 6.43. The number of hydrogen-bond acceptors (Lipinski definition) is 2. The van der Waals surface area contributed by atoms with E-state index in [1.807, 2.05) is 20.8 Å². The molecule has 14 heavy (non-hydrogen) atoms. The third-order valence-electron chi connectivity index (χ3n) is 1.65. The van der Waals surface area contributed by atoms with E-state index >= 15 is 0 Å². The number of rotatable bonds is 2. The van der Waals surface area contributed by atoms with Crippen LogP contribution < -0.4 is 4.31 Å². The van der Waals surface area contributed by atoms with E-state index in [0.717, 1.165) is 0 Å². The fraction of sp³-hybridized carbons (Fsp3) is 0.444. The first-order valence-corrected chi connectivity index (χ1v) is 5.30. The minimum absolute atomic E-state index is 0.414. The normalized spacial score (nSPS) is 13.7. The summed E-state index contributed by atoms with van der Waals surface area (Å²) in [6.45, 7) is 5.61. The number of hydrogen-bond donors (Lipinski definition) is 1. The van der Waals surface area contributed by atoms with Gasteiger partial charge in [-0.1, -0.05) is 0 Å². The highest BCUT2D eigenvalue weighted by molar-refractivity contribution is 7.80. The maximum Gasteiger partial charge on any atom is 0.262 e. The fourth-order valence-electron chi connectivity index (χ4n) is 1.19. The van der Waals surface area contributed by atoms with Crippen molar-refractivity contribution in [3.63, 3.8) is 0 Å². The monoisotopic (exact) mass is 214 g/mol. The molecule has 0 aromatic carbocycles. The summed E-state index contributed by atoms with van der Waals surface area (Å²) < 4.78 is 21.7. The van der Waals surface area contributed by atoms with Gasteiger partial charge in [-0.25, -0.2) is 4.21 Å². The second kappa shape index (κ2) is 4.06. The SMILES string of the molecule is CC(C)(C)N(c1cccnc1)S(=O)O. The fourth-order valence-corrected chi connectivity index (χ4v) is 1.94. The predicted molar refractivity (Wildman–Crippen MR) is 57.2 cm³/mol. The van der Waals surface area contributed by atoms with E-state index in [1.165, 1.54) is 4.31 Å². The molecular weight excluding hydrogens is 200 g/mol. The second-order valence-corrected chi connectivity index (χ2v) is 4.73. The molecular formula is C9H14N2O2S. The van der Waals surface area contributed by atoms with Crippen molar-refractivity contribution in [3.05, 3.63) is 24.5 Å². The molecule has 0 saturated carbocycles. The number of nitrogens with zero attached hydrogens (tertiary/aromatic N) is 2. The maximum absolute atomic E-state index is 11.2. The van der Waals surface area contributed by atoms with Gasteiger partial charge < -0.3 is 0 Å². The van der Waals surface area contributed by atoms with Gasteiger partial charge in [0.25, 0.3) is 11.3 Å². The third kappa shape index (κ3) is 2.52. The number of pyridine rings is 1. The quantitative estimate of drug-likeness (QED) is 0.764. The lowest BCUT2D eigenvalue weighted by Gasteiger charge is -2.33. The average Bonchev–Trinajstić information content (AvgIpc) is 2.02. The summed E-state index contributed by atoms with van der Waals surface area (Å²) in [5.74, 6) is 0.